The maximum Gasteiger partial charge on any atom is 0.160 e. The summed E-state index contributed by atoms with van der Waals surface area (Å²) in [6.45, 7) is 1.92. The van der Waals surface area contributed by atoms with Crippen molar-refractivity contribution < 1.29 is 0 Å². The number of hydrogen-bond donors (Lipinski definition) is 3. The van der Waals surface area contributed by atoms with Crippen LogP contribution < -0.4 is 16.4 Å². The summed E-state index contributed by atoms with van der Waals surface area (Å²) < 4.78 is 0. The van der Waals surface area contributed by atoms with E-state index in [1.54, 1.807) is 12.1 Å². The van der Waals surface area contributed by atoms with E-state index in [1.165, 1.54) is 6.33 Å². The summed E-state index contributed by atoms with van der Waals surface area (Å²) in [4.78, 5) is 12.7. The molecule has 3 rings (SSSR count). The van der Waals surface area contributed by atoms with Gasteiger partial charge in [0.05, 0.1) is 0 Å². The van der Waals surface area contributed by atoms with Crippen LogP contribution in [0.4, 0.5) is 28.8 Å². The van der Waals surface area contributed by atoms with Gasteiger partial charge >= 0.3 is 0 Å². The van der Waals surface area contributed by atoms with E-state index in [4.69, 9.17) is 17.3 Å². The van der Waals surface area contributed by atoms with Crippen LogP contribution in [0.25, 0.3) is 0 Å². The first kappa shape index (κ1) is 15.1. The number of nitrogens with one attached hydrogen (secondary N) is 2. The van der Waals surface area contributed by atoms with Crippen molar-refractivity contribution >= 4 is 40.4 Å². The number of pyridine rings is 1. The lowest BCUT2D eigenvalue weighted by Gasteiger charge is -2.12. The molecule has 4 N–H and O–H groups in total. The summed E-state index contributed by atoms with van der Waals surface area (Å²) in [5, 5.41) is 6.91. The number of nitrogens with two attached hydrogens (primary N) is 1. The molecule has 116 valence electrons. The predicted octanol–water partition coefficient (Wildman–Crippen LogP) is 3.90. The van der Waals surface area contributed by atoms with Gasteiger partial charge in [-0.05, 0) is 43.3 Å². The van der Waals surface area contributed by atoms with Crippen LogP contribution in [-0.2, 0) is 0 Å². The normalized spacial score (nSPS) is 10.3. The first-order valence-corrected chi connectivity index (χ1v) is 7.33. The fourth-order valence-corrected chi connectivity index (χ4v) is 2.12. The molecule has 0 radical (unpaired) electrons. The number of nitrogen functional groups attached to an aromatic ring is 1. The topological polar surface area (TPSA) is 88.8 Å². The number of benzene rings is 1. The number of anilines is 5. The summed E-state index contributed by atoms with van der Waals surface area (Å²) in [5.41, 5.74) is 8.29. The first-order valence-electron chi connectivity index (χ1n) is 6.95. The van der Waals surface area contributed by atoms with E-state index in [0.717, 1.165) is 11.4 Å². The van der Waals surface area contributed by atoms with Gasteiger partial charge in [-0.25, -0.2) is 15.0 Å². The van der Waals surface area contributed by atoms with E-state index in [2.05, 4.69) is 25.6 Å². The zero-order chi connectivity index (χ0) is 16.2. The molecule has 0 aliphatic rings. The monoisotopic (exact) mass is 326 g/mol. The molecule has 0 spiro atoms. The van der Waals surface area contributed by atoms with Crippen molar-refractivity contribution in [1.82, 2.24) is 15.0 Å². The number of aromatic nitrogens is 3. The zero-order valence-electron chi connectivity index (χ0n) is 12.4. The van der Waals surface area contributed by atoms with Crippen LogP contribution in [0.5, 0.6) is 0 Å². The molecule has 0 bridgehead atoms. The smallest absolute Gasteiger partial charge is 0.160 e. The van der Waals surface area contributed by atoms with E-state index in [0.29, 0.717) is 28.2 Å². The molecule has 0 aliphatic heterocycles. The fourth-order valence-electron chi connectivity index (χ4n) is 2.00. The Labute approximate surface area is 138 Å². The standard InChI is InChI=1S/C16H15ClN6/c1-10-3-2-4-13(21-10)23-16-14(18)15(19-9-20-16)22-12-7-5-11(17)6-8-12/h2-9H,18H2,1H3,(H2,19,20,21,22,23). The molecule has 2 heterocycles. The van der Waals surface area contributed by atoms with E-state index in [9.17, 15) is 0 Å². The minimum Gasteiger partial charge on any atom is -0.393 e. The Balaban J connectivity index is 1.84. The van der Waals surface area contributed by atoms with Crippen LogP contribution >= 0.6 is 11.6 Å². The summed E-state index contributed by atoms with van der Waals surface area (Å²) in [7, 11) is 0. The lowest BCUT2D eigenvalue weighted by atomic mass is 10.3. The molecule has 0 aliphatic carbocycles. The van der Waals surface area contributed by atoms with Crippen molar-refractivity contribution in [2.24, 2.45) is 0 Å². The molecule has 0 fully saturated rings. The number of aryl methyl sites for hydroxylation is 1. The molecule has 6 nitrogen and oxygen atoms in total. The van der Waals surface area contributed by atoms with Crippen LogP contribution in [0.3, 0.4) is 0 Å². The van der Waals surface area contributed by atoms with Crippen molar-refractivity contribution in [3.05, 3.63) is 59.5 Å². The minimum absolute atomic E-state index is 0.408. The van der Waals surface area contributed by atoms with Gasteiger partial charge in [-0.15, -0.1) is 0 Å². The number of hydrogen-bond acceptors (Lipinski definition) is 6. The third kappa shape index (κ3) is 3.67. The lowest BCUT2D eigenvalue weighted by Crippen LogP contribution is -2.06. The maximum absolute atomic E-state index is 6.14. The molecular weight excluding hydrogens is 312 g/mol. The van der Waals surface area contributed by atoms with E-state index in [1.807, 2.05) is 37.3 Å². The molecule has 23 heavy (non-hydrogen) atoms. The summed E-state index contributed by atoms with van der Waals surface area (Å²) >= 11 is 5.88. The largest absolute Gasteiger partial charge is 0.393 e. The SMILES string of the molecule is Cc1cccc(Nc2ncnc(Nc3ccc(Cl)cc3)c2N)n1. The van der Waals surface area contributed by atoms with Gasteiger partial charge in [-0.3, -0.25) is 0 Å². The van der Waals surface area contributed by atoms with Crippen LogP contribution in [0.2, 0.25) is 5.02 Å². The molecule has 3 aromatic rings. The summed E-state index contributed by atoms with van der Waals surface area (Å²) in [6, 6.07) is 12.9. The second-order valence-electron chi connectivity index (χ2n) is 4.91. The molecule has 0 saturated carbocycles. The van der Waals surface area contributed by atoms with Crippen molar-refractivity contribution in [3.8, 4) is 0 Å². The number of nitrogens with zero attached hydrogens (tertiary/aromatic N) is 3. The highest BCUT2D eigenvalue weighted by Crippen LogP contribution is 2.28. The van der Waals surface area contributed by atoms with Gasteiger partial charge in [-0.2, -0.15) is 0 Å². The van der Waals surface area contributed by atoms with Crippen molar-refractivity contribution in [3.63, 3.8) is 0 Å². The highest BCUT2D eigenvalue weighted by atomic mass is 35.5. The second-order valence-corrected chi connectivity index (χ2v) is 5.34. The third-order valence-electron chi connectivity index (χ3n) is 3.13. The number of rotatable bonds is 4. The van der Waals surface area contributed by atoms with E-state index >= 15 is 0 Å². The maximum atomic E-state index is 6.14. The Kier molecular flexibility index (Phi) is 4.25. The molecule has 1 aromatic carbocycles. The average Bonchev–Trinajstić information content (AvgIpc) is 2.53. The predicted molar refractivity (Wildman–Crippen MR) is 93.4 cm³/mol. The number of halogens is 1. The van der Waals surface area contributed by atoms with Gasteiger partial charge in [0.15, 0.2) is 11.6 Å². The van der Waals surface area contributed by atoms with Crippen molar-refractivity contribution in [2.75, 3.05) is 16.4 Å². The lowest BCUT2D eigenvalue weighted by molar-refractivity contribution is 1.15. The van der Waals surface area contributed by atoms with Crippen molar-refractivity contribution in [1.29, 1.82) is 0 Å². The van der Waals surface area contributed by atoms with E-state index < -0.39 is 0 Å². The van der Waals surface area contributed by atoms with Crippen LogP contribution in [-0.4, -0.2) is 15.0 Å². The summed E-state index contributed by atoms with van der Waals surface area (Å²) in [6.07, 6.45) is 1.44. The van der Waals surface area contributed by atoms with Gasteiger partial charge in [0, 0.05) is 16.4 Å². The van der Waals surface area contributed by atoms with Gasteiger partial charge in [-0.1, -0.05) is 17.7 Å². The Morgan fingerprint density at radius 3 is 2.35 bits per heavy atom. The molecular formula is C16H15ClN6. The van der Waals surface area contributed by atoms with Gasteiger partial charge < -0.3 is 16.4 Å². The van der Waals surface area contributed by atoms with E-state index in [-0.39, 0.29) is 0 Å². The molecule has 0 amide bonds. The van der Waals surface area contributed by atoms with Gasteiger partial charge in [0.25, 0.3) is 0 Å². The molecule has 0 atom stereocenters. The second kappa shape index (κ2) is 6.50. The molecule has 0 unspecified atom stereocenters. The third-order valence-corrected chi connectivity index (χ3v) is 3.38. The zero-order valence-corrected chi connectivity index (χ0v) is 13.2. The Bertz CT molecular complexity index is 819. The average molecular weight is 327 g/mol. The first-order chi connectivity index (χ1) is 11.1. The quantitative estimate of drug-likeness (QED) is 0.673. The highest BCUT2D eigenvalue weighted by molar-refractivity contribution is 6.30. The van der Waals surface area contributed by atoms with Crippen molar-refractivity contribution in [2.45, 2.75) is 6.92 Å². The van der Waals surface area contributed by atoms with Crippen LogP contribution in [0.1, 0.15) is 5.69 Å². The van der Waals surface area contributed by atoms with Gasteiger partial charge in [0.1, 0.15) is 17.8 Å². The Morgan fingerprint density at radius 2 is 1.65 bits per heavy atom. The van der Waals surface area contributed by atoms with Crippen LogP contribution in [0, 0.1) is 6.92 Å². The molecule has 7 heteroatoms. The highest BCUT2D eigenvalue weighted by Gasteiger charge is 2.09. The van der Waals surface area contributed by atoms with Crippen LogP contribution in [0.15, 0.2) is 48.8 Å². The molecule has 0 saturated heterocycles. The minimum atomic E-state index is 0.408. The van der Waals surface area contributed by atoms with Gasteiger partial charge in [0.2, 0.25) is 0 Å². The summed E-state index contributed by atoms with van der Waals surface area (Å²) in [5.74, 6) is 1.68. The molecule has 2 aromatic heterocycles. The fraction of sp³-hybridized carbons (Fsp3) is 0.0625. The Hall–Kier alpha value is -2.86. The Morgan fingerprint density at radius 1 is 0.957 bits per heavy atom.